The quantitative estimate of drug-likeness (QED) is 0.611. The van der Waals surface area contributed by atoms with Crippen LogP contribution in [0.4, 0.5) is 0 Å². The van der Waals surface area contributed by atoms with Crippen LogP contribution in [0.15, 0.2) is 36.4 Å². The van der Waals surface area contributed by atoms with E-state index in [1.54, 1.807) is 43.3 Å². The van der Waals surface area contributed by atoms with E-state index in [4.69, 9.17) is 42.1 Å². The highest BCUT2D eigenvalue weighted by Gasteiger charge is 2.21. The number of rotatable bonds is 4. The summed E-state index contributed by atoms with van der Waals surface area (Å²) in [6, 6.07) is 9.80. The van der Waals surface area contributed by atoms with Gasteiger partial charge in [-0.25, -0.2) is 4.79 Å². The molecule has 0 saturated heterocycles. The maximum absolute atomic E-state index is 12.1. The van der Waals surface area contributed by atoms with E-state index in [0.29, 0.717) is 28.0 Å². The van der Waals surface area contributed by atoms with E-state index >= 15 is 0 Å². The number of hydrogen-bond donors (Lipinski definition) is 0. The second-order valence-corrected chi connectivity index (χ2v) is 5.53. The summed E-state index contributed by atoms with van der Waals surface area (Å²) in [5.74, 6) is 1.22. The van der Waals surface area contributed by atoms with Gasteiger partial charge in [-0.1, -0.05) is 29.3 Å². The standard InChI is InChI=1S/C16H12Cl2O5/c1-9(22-13-4-2-3-11(17)15(13)18)16(19)23-10-5-6-12-14(7-10)21-8-20-12/h2-7,9H,8H2,1H3. The second kappa shape index (κ2) is 6.56. The molecule has 0 radical (unpaired) electrons. The van der Waals surface area contributed by atoms with Crippen molar-refractivity contribution in [1.29, 1.82) is 0 Å². The highest BCUT2D eigenvalue weighted by atomic mass is 35.5. The van der Waals surface area contributed by atoms with Crippen molar-refractivity contribution >= 4 is 29.2 Å². The predicted octanol–water partition coefficient (Wildman–Crippen LogP) is 4.10. The summed E-state index contributed by atoms with van der Waals surface area (Å²) >= 11 is 11.9. The lowest BCUT2D eigenvalue weighted by Gasteiger charge is -2.15. The number of carbonyl (C=O) groups is 1. The molecular formula is C16H12Cl2O5. The third-order valence-electron chi connectivity index (χ3n) is 3.11. The van der Waals surface area contributed by atoms with E-state index in [9.17, 15) is 4.79 Å². The molecule has 23 heavy (non-hydrogen) atoms. The molecule has 0 bridgehead atoms. The van der Waals surface area contributed by atoms with E-state index in [1.165, 1.54) is 0 Å². The molecule has 2 aromatic carbocycles. The predicted molar refractivity (Wildman–Crippen MR) is 84.8 cm³/mol. The number of hydrogen-bond acceptors (Lipinski definition) is 5. The van der Waals surface area contributed by atoms with Crippen LogP contribution in [0.3, 0.4) is 0 Å². The van der Waals surface area contributed by atoms with Crippen LogP contribution in [-0.4, -0.2) is 18.9 Å². The molecule has 0 fully saturated rings. The fraction of sp³-hybridized carbons (Fsp3) is 0.188. The molecule has 1 heterocycles. The lowest BCUT2D eigenvalue weighted by Crippen LogP contribution is -2.28. The molecule has 0 saturated carbocycles. The number of esters is 1. The Hall–Kier alpha value is -2.11. The van der Waals surface area contributed by atoms with Crippen molar-refractivity contribution in [3.05, 3.63) is 46.4 Å². The van der Waals surface area contributed by atoms with Crippen LogP contribution in [-0.2, 0) is 4.79 Å². The van der Waals surface area contributed by atoms with Crippen molar-refractivity contribution in [3.8, 4) is 23.0 Å². The molecule has 3 rings (SSSR count). The zero-order valence-electron chi connectivity index (χ0n) is 12.0. The molecule has 1 atom stereocenters. The Morgan fingerprint density at radius 1 is 1.17 bits per heavy atom. The first kappa shape index (κ1) is 15.8. The van der Waals surface area contributed by atoms with Crippen LogP contribution < -0.4 is 18.9 Å². The number of halogens is 2. The molecule has 0 aromatic heterocycles. The Balaban J connectivity index is 1.67. The van der Waals surface area contributed by atoms with Gasteiger partial charge >= 0.3 is 5.97 Å². The van der Waals surface area contributed by atoms with E-state index < -0.39 is 12.1 Å². The molecule has 5 nitrogen and oxygen atoms in total. The fourth-order valence-corrected chi connectivity index (χ4v) is 2.29. The fourth-order valence-electron chi connectivity index (χ4n) is 1.95. The lowest BCUT2D eigenvalue weighted by atomic mass is 10.3. The molecule has 1 aliphatic heterocycles. The van der Waals surface area contributed by atoms with Gasteiger partial charge in [-0.15, -0.1) is 0 Å². The molecule has 1 aliphatic rings. The van der Waals surface area contributed by atoms with E-state index in [2.05, 4.69) is 0 Å². The first-order valence-corrected chi connectivity index (χ1v) is 7.52. The minimum atomic E-state index is -0.864. The van der Waals surface area contributed by atoms with Gasteiger partial charge in [0.05, 0.1) is 5.02 Å². The Labute approximate surface area is 142 Å². The summed E-state index contributed by atoms with van der Waals surface area (Å²) in [5, 5.41) is 0.595. The van der Waals surface area contributed by atoms with Crippen LogP contribution in [0.2, 0.25) is 10.0 Å². The average molecular weight is 355 g/mol. The van der Waals surface area contributed by atoms with Crippen molar-refractivity contribution in [3.63, 3.8) is 0 Å². The molecule has 0 N–H and O–H groups in total. The topological polar surface area (TPSA) is 54.0 Å². The highest BCUT2D eigenvalue weighted by Crippen LogP contribution is 2.35. The van der Waals surface area contributed by atoms with Gasteiger partial charge in [0.25, 0.3) is 0 Å². The lowest BCUT2D eigenvalue weighted by molar-refractivity contribution is -0.141. The highest BCUT2D eigenvalue weighted by molar-refractivity contribution is 6.42. The second-order valence-electron chi connectivity index (χ2n) is 4.75. The van der Waals surface area contributed by atoms with Crippen molar-refractivity contribution in [2.24, 2.45) is 0 Å². The van der Waals surface area contributed by atoms with Crippen molar-refractivity contribution in [2.75, 3.05) is 6.79 Å². The molecule has 0 amide bonds. The first-order valence-electron chi connectivity index (χ1n) is 6.76. The third-order valence-corrected chi connectivity index (χ3v) is 3.92. The van der Waals surface area contributed by atoms with Crippen LogP contribution in [0.1, 0.15) is 6.92 Å². The molecule has 120 valence electrons. The Morgan fingerprint density at radius 3 is 2.78 bits per heavy atom. The molecule has 2 aromatic rings. The van der Waals surface area contributed by atoms with Crippen LogP contribution in [0, 0.1) is 0 Å². The van der Waals surface area contributed by atoms with E-state index in [-0.39, 0.29) is 11.8 Å². The molecular weight excluding hydrogens is 343 g/mol. The summed E-state index contributed by atoms with van der Waals surface area (Å²) in [6.45, 7) is 1.71. The zero-order chi connectivity index (χ0) is 16.4. The Kier molecular flexibility index (Phi) is 4.50. The largest absolute Gasteiger partial charge is 0.477 e. The minimum absolute atomic E-state index is 0.152. The summed E-state index contributed by atoms with van der Waals surface area (Å²) in [7, 11) is 0. The van der Waals surface area contributed by atoms with Crippen molar-refractivity contribution in [2.45, 2.75) is 13.0 Å². The van der Waals surface area contributed by atoms with Crippen molar-refractivity contribution < 1.29 is 23.7 Å². The average Bonchev–Trinajstić information content (AvgIpc) is 2.99. The molecule has 7 heteroatoms. The summed E-state index contributed by atoms with van der Waals surface area (Å²) in [5.41, 5.74) is 0. The van der Waals surface area contributed by atoms with Gasteiger partial charge in [0, 0.05) is 6.07 Å². The normalized spacial score (nSPS) is 13.5. The minimum Gasteiger partial charge on any atom is -0.477 e. The Bertz CT molecular complexity index is 747. The van der Waals surface area contributed by atoms with Crippen LogP contribution >= 0.6 is 23.2 Å². The van der Waals surface area contributed by atoms with E-state index in [1.807, 2.05) is 0 Å². The number of fused-ring (bicyclic) bond motifs is 1. The Morgan fingerprint density at radius 2 is 1.96 bits per heavy atom. The third kappa shape index (κ3) is 3.46. The number of carbonyl (C=O) groups excluding carboxylic acids is 1. The summed E-state index contributed by atoms with van der Waals surface area (Å²) in [6.07, 6.45) is -0.864. The van der Waals surface area contributed by atoms with Crippen LogP contribution in [0.25, 0.3) is 0 Å². The number of ether oxygens (including phenoxy) is 4. The van der Waals surface area contributed by atoms with Gasteiger partial charge in [0.15, 0.2) is 17.6 Å². The molecule has 0 aliphatic carbocycles. The molecule has 1 unspecified atom stereocenters. The molecule has 0 spiro atoms. The van der Waals surface area contributed by atoms with Crippen molar-refractivity contribution in [1.82, 2.24) is 0 Å². The summed E-state index contributed by atoms with van der Waals surface area (Å²) < 4.78 is 21.2. The monoisotopic (exact) mass is 354 g/mol. The van der Waals surface area contributed by atoms with Gasteiger partial charge in [0.1, 0.15) is 16.5 Å². The zero-order valence-corrected chi connectivity index (χ0v) is 13.6. The van der Waals surface area contributed by atoms with Gasteiger partial charge in [-0.05, 0) is 31.2 Å². The maximum Gasteiger partial charge on any atom is 0.352 e. The van der Waals surface area contributed by atoms with Gasteiger partial charge in [-0.3, -0.25) is 0 Å². The van der Waals surface area contributed by atoms with E-state index in [0.717, 1.165) is 0 Å². The van der Waals surface area contributed by atoms with Gasteiger partial charge < -0.3 is 18.9 Å². The van der Waals surface area contributed by atoms with Gasteiger partial charge in [0.2, 0.25) is 6.79 Å². The van der Waals surface area contributed by atoms with Gasteiger partial charge in [-0.2, -0.15) is 0 Å². The smallest absolute Gasteiger partial charge is 0.352 e. The first-order chi connectivity index (χ1) is 11.0. The SMILES string of the molecule is CC(Oc1cccc(Cl)c1Cl)C(=O)Oc1ccc2c(c1)OCO2. The summed E-state index contributed by atoms with van der Waals surface area (Å²) in [4.78, 5) is 12.1. The maximum atomic E-state index is 12.1. The number of benzene rings is 2. The van der Waals surface area contributed by atoms with Crippen LogP contribution in [0.5, 0.6) is 23.0 Å².